The lowest BCUT2D eigenvalue weighted by atomic mass is 10.1. The molecule has 0 aliphatic heterocycles. The number of carbonyl (C=O) groups is 1. The quantitative estimate of drug-likeness (QED) is 0.517. The van der Waals surface area contributed by atoms with Gasteiger partial charge in [0.15, 0.2) is 0 Å². The molecule has 6 heteroatoms. The summed E-state index contributed by atoms with van der Waals surface area (Å²) in [5.41, 5.74) is 1.47. The zero-order valence-electron chi connectivity index (χ0n) is 15.8. The summed E-state index contributed by atoms with van der Waals surface area (Å²) in [6.45, 7) is 1.61. The van der Waals surface area contributed by atoms with Crippen molar-refractivity contribution in [3.05, 3.63) is 84.4 Å². The second-order valence-corrected chi connectivity index (χ2v) is 8.58. The predicted molar refractivity (Wildman–Crippen MR) is 116 cm³/mol. The van der Waals surface area contributed by atoms with E-state index in [4.69, 9.17) is 0 Å². The van der Waals surface area contributed by atoms with Crippen LogP contribution in [0.2, 0.25) is 0 Å². The maximum atomic E-state index is 13.0. The minimum atomic E-state index is -3.75. The highest BCUT2D eigenvalue weighted by Crippen LogP contribution is 2.29. The lowest BCUT2D eigenvalue weighted by molar-refractivity contribution is -0.114. The molecule has 29 heavy (non-hydrogen) atoms. The minimum absolute atomic E-state index is 0.183. The maximum absolute atomic E-state index is 13.0. The third kappa shape index (κ3) is 3.99. The Bertz CT molecular complexity index is 1330. The Kier molecular flexibility index (Phi) is 5.05. The van der Waals surface area contributed by atoms with Gasteiger partial charge in [0.25, 0.3) is 0 Å². The molecule has 0 spiro atoms. The molecule has 4 rings (SSSR count). The van der Waals surface area contributed by atoms with Crippen LogP contribution < -0.4 is 10.0 Å². The van der Waals surface area contributed by atoms with Gasteiger partial charge in [-0.05, 0) is 34.5 Å². The van der Waals surface area contributed by atoms with Gasteiger partial charge in [-0.15, -0.1) is 0 Å². The number of nitrogens with one attached hydrogen (secondary N) is 2. The molecule has 1 amide bonds. The smallest absolute Gasteiger partial charge is 0.241 e. The lowest BCUT2D eigenvalue weighted by Crippen LogP contribution is -2.23. The van der Waals surface area contributed by atoms with Gasteiger partial charge in [-0.2, -0.15) is 0 Å². The number of hydrogen-bond donors (Lipinski definition) is 2. The summed E-state index contributed by atoms with van der Waals surface area (Å²) in [6.07, 6.45) is 0. The first-order valence-electron chi connectivity index (χ1n) is 9.21. The van der Waals surface area contributed by atoms with Crippen LogP contribution in [0.5, 0.6) is 0 Å². The summed E-state index contributed by atoms with van der Waals surface area (Å²) in [5.74, 6) is -0.208. The molecule has 0 aliphatic carbocycles. The van der Waals surface area contributed by atoms with Crippen molar-refractivity contribution in [2.75, 3.05) is 5.32 Å². The van der Waals surface area contributed by atoms with E-state index in [1.165, 1.54) is 6.92 Å². The van der Waals surface area contributed by atoms with E-state index in [9.17, 15) is 13.2 Å². The number of sulfonamides is 1. The third-order valence-corrected chi connectivity index (χ3v) is 6.22. The molecule has 5 nitrogen and oxygen atoms in total. The fraction of sp³-hybridized carbons (Fsp3) is 0.0870. The van der Waals surface area contributed by atoms with Crippen molar-refractivity contribution in [3.8, 4) is 0 Å². The zero-order valence-corrected chi connectivity index (χ0v) is 16.7. The minimum Gasteiger partial charge on any atom is -0.326 e. The van der Waals surface area contributed by atoms with Crippen LogP contribution in [0.25, 0.3) is 21.5 Å². The second kappa shape index (κ2) is 7.66. The first-order chi connectivity index (χ1) is 13.9. The third-order valence-electron chi connectivity index (χ3n) is 4.76. The Labute approximate surface area is 169 Å². The Morgan fingerprint density at radius 2 is 1.55 bits per heavy atom. The predicted octanol–water partition coefficient (Wildman–Crippen LogP) is 4.43. The van der Waals surface area contributed by atoms with Crippen molar-refractivity contribution in [1.29, 1.82) is 0 Å². The van der Waals surface area contributed by atoms with E-state index in [0.717, 1.165) is 16.3 Å². The molecular weight excluding hydrogens is 384 g/mol. The monoisotopic (exact) mass is 404 g/mol. The van der Waals surface area contributed by atoms with Gasteiger partial charge in [0, 0.05) is 29.9 Å². The summed E-state index contributed by atoms with van der Waals surface area (Å²) < 4.78 is 28.7. The Morgan fingerprint density at radius 1 is 0.828 bits per heavy atom. The van der Waals surface area contributed by atoms with Crippen LogP contribution in [0.1, 0.15) is 12.5 Å². The molecule has 0 aromatic heterocycles. The molecule has 0 bridgehead atoms. The fourth-order valence-electron chi connectivity index (χ4n) is 3.42. The van der Waals surface area contributed by atoms with Crippen molar-refractivity contribution in [3.63, 3.8) is 0 Å². The molecule has 2 N–H and O–H groups in total. The van der Waals surface area contributed by atoms with Gasteiger partial charge in [-0.1, -0.05) is 60.7 Å². The van der Waals surface area contributed by atoms with Gasteiger partial charge in [-0.25, -0.2) is 13.1 Å². The van der Waals surface area contributed by atoms with Crippen molar-refractivity contribution in [2.24, 2.45) is 0 Å². The Morgan fingerprint density at radius 3 is 2.34 bits per heavy atom. The highest BCUT2D eigenvalue weighted by atomic mass is 32.2. The molecule has 0 saturated heterocycles. The number of hydrogen-bond acceptors (Lipinski definition) is 3. The van der Waals surface area contributed by atoms with Gasteiger partial charge in [0.2, 0.25) is 15.9 Å². The number of fused-ring (bicyclic) bond motifs is 2. The van der Waals surface area contributed by atoms with Crippen LogP contribution in [0, 0.1) is 0 Å². The highest BCUT2D eigenvalue weighted by Gasteiger charge is 2.18. The molecule has 0 atom stereocenters. The average Bonchev–Trinajstić information content (AvgIpc) is 2.71. The number of benzene rings is 4. The van der Waals surface area contributed by atoms with E-state index in [1.807, 2.05) is 42.5 Å². The van der Waals surface area contributed by atoms with Crippen molar-refractivity contribution in [1.82, 2.24) is 4.72 Å². The standard InChI is InChI=1S/C23H20N2O3S/c1-16(26)25-22-10-4-9-21-20(22)8-5-11-23(21)29(27,28)24-15-17-12-13-18-6-2-3-7-19(18)14-17/h2-14,24H,15H2,1H3,(H,25,26). The summed E-state index contributed by atoms with van der Waals surface area (Å²) in [4.78, 5) is 11.6. The molecule has 0 saturated carbocycles. The molecule has 4 aromatic carbocycles. The number of rotatable bonds is 5. The van der Waals surface area contributed by atoms with Crippen LogP contribution in [0.3, 0.4) is 0 Å². The Balaban J connectivity index is 1.66. The van der Waals surface area contributed by atoms with Crippen LogP contribution in [0.4, 0.5) is 5.69 Å². The summed E-state index contributed by atoms with van der Waals surface area (Å²) in [5, 5.41) is 6.16. The highest BCUT2D eigenvalue weighted by molar-refractivity contribution is 7.89. The molecule has 0 radical (unpaired) electrons. The number of carbonyl (C=O) groups excluding carboxylic acids is 1. The van der Waals surface area contributed by atoms with E-state index in [-0.39, 0.29) is 17.3 Å². The van der Waals surface area contributed by atoms with Crippen molar-refractivity contribution < 1.29 is 13.2 Å². The van der Waals surface area contributed by atoms with Crippen LogP contribution in [0.15, 0.2) is 83.8 Å². The summed E-state index contributed by atoms with van der Waals surface area (Å²) in [7, 11) is -3.75. The number of anilines is 1. The Hall–Kier alpha value is -3.22. The second-order valence-electron chi connectivity index (χ2n) is 6.84. The SMILES string of the molecule is CC(=O)Nc1cccc2c(S(=O)(=O)NCc3ccc4ccccc4c3)cccc12. The van der Waals surface area contributed by atoms with Gasteiger partial charge in [0.05, 0.1) is 4.90 Å². The van der Waals surface area contributed by atoms with E-state index in [0.29, 0.717) is 16.5 Å². The molecular formula is C23H20N2O3S. The van der Waals surface area contributed by atoms with E-state index in [1.54, 1.807) is 36.4 Å². The van der Waals surface area contributed by atoms with Gasteiger partial charge in [-0.3, -0.25) is 4.79 Å². The van der Waals surface area contributed by atoms with Crippen molar-refractivity contribution >= 4 is 43.2 Å². The molecule has 4 aromatic rings. The molecule has 0 aliphatic rings. The lowest BCUT2D eigenvalue weighted by Gasteiger charge is -2.12. The van der Waals surface area contributed by atoms with Crippen molar-refractivity contribution in [2.45, 2.75) is 18.4 Å². The molecule has 0 unspecified atom stereocenters. The summed E-state index contributed by atoms with van der Waals surface area (Å²) in [6, 6.07) is 24.1. The number of amides is 1. The van der Waals surface area contributed by atoms with Gasteiger partial charge < -0.3 is 5.32 Å². The first kappa shape index (κ1) is 19.1. The zero-order chi connectivity index (χ0) is 20.4. The van der Waals surface area contributed by atoms with E-state index in [2.05, 4.69) is 10.0 Å². The van der Waals surface area contributed by atoms with E-state index >= 15 is 0 Å². The topological polar surface area (TPSA) is 75.3 Å². The van der Waals surface area contributed by atoms with Gasteiger partial charge >= 0.3 is 0 Å². The average molecular weight is 404 g/mol. The maximum Gasteiger partial charge on any atom is 0.241 e. The van der Waals surface area contributed by atoms with Crippen LogP contribution >= 0.6 is 0 Å². The van der Waals surface area contributed by atoms with E-state index < -0.39 is 10.0 Å². The first-order valence-corrected chi connectivity index (χ1v) is 10.7. The van der Waals surface area contributed by atoms with Crippen LogP contribution in [-0.2, 0) is 21.4 Å². The molecule has 0 heterocycles. The largest absolute Gasteiger partial charge is 0.326 e. The fourth-order valence-corrected chi connectivity index (χ4v) is 4.66. The summed E-state index contributed by atoms with van der Waals surface area (Å²) >= 11 is 0. The molecule has 0 fully saturated rings. The normalized spacial score (nSPS) is 11.6. The van der Waals surface area contributed by atoms with Crippen LogP contribution in [-0.4, -0.2) is 14.3 Å². The van der Waals surface area contributed by atoms with Gasteiger partial charge in [0.1, 0.15) is 0 Å². The molecule has 146 valence electrons.